The number of carbonyl (C=O) groups excluding carboxylic acids is 3. The molecule has 0 saturated heterocycles. The lowest BCUT2D eigenvalue weighted by Gasteiger charge is -2.40. The van der Waals surface area contributed by atoms with Gasteiger partial charge in [-0.15, -0.1) is 0 Å². The average Bonchev–Trinajstić information content (AvgIpc) is 3.02. The Kier molecular flexibility index (Phi) is 6.92. The molecule has 2 fully saturated rings. The molecule has 0 radical (unpaired) electrons. The predicted octanol–water partition coefficient (Wildman–Crippen LogP) is 5.27. The van der Waals surface area contributed by atoms with E-state index in [1.54, 1.807) is 6.92 Å². The van der Waals surface area contributed by atoms with Crippen molar-refractivity contribution in [3.05, 3.63) is 36.1 Å². The number of fused-ring (bicyclic) bond motifs is 2. The fourth-order valence-electron chi connectivity index (χ4n) is 4.98. The molecule has 2 bridgehead atoms. The van der Waals surface area contributed by atoms with Crippen molar-refractivity contribution in [2.24, 2.45) is 22.7 Å². The topological polar surface area (TPSA) is 69.7 Å². The first-order valence-corrected chi connectivity index (χ1v) is 10.5. The van der Waals surface area contributed by atoms with Gasteiger partial charge in [-0.3, -0.25) is 0 Å². The summed E-state index contributed by atoms with van der Waals surface area (Å²) in [5, 5.41) is 0. The Bertz CT molecular complexity index is 757. The van der Waals surface area contributed by atoms with E-state index in [4.69, 9.17) is 9.47 Å². The smallest absolute Gasteiger partial charge is 0.345 e. The zero-order chi connectivity index (χ0) is 22.0. The Morgan fingerprint density at radius 2 is 1.79 bits per heavy atom. The molecule has 0 aromatic carbocycles. The van der Waals surface area contributed by atoms with Crippen LogP contribution >= 0.6 is 0 Å². The summed E-state index contributed by atoms with van der Waals surface area (Å²) in [5.41, 5.74) is 0.504. The molecular weight excluding hydrogens is 368 g/mol. The van der Waals surface area contributed by atoms with Crippen molar-refractivity contribution in [3.63, 3.8) is 0 Å². The van der Waals surface area contributed by atoms with Gasteiger partial charge in [-0.2, -0.15) is 0 Å². The van der Waals surface area contributed by atoms with Gasteiger partial charge in [0.05, 0.1) is 5.57 Å². The van der Waals surface area contributed by atoms with E-state index in [2.05, 4.69) is 33.9 Å². The van der Waals surface area contributed by atoms with Gasteiger partial charge in [0.2, 0.25) is 0 Å². The van der Waals surface area contributed by atoms with Crippen molar-refractivity contribution < 1.29 is 23.9 Å². The molecule has 0 N–H and O–H groups in total. The number of ether oxygens (including phenoxy) is 2. The molecule has 2 aliphatic carbocycles. The van der Waals surface area contributed by atoms with Crippen LogP contribution in [0.5, 0.6) is 0 Å². The van der Waals surface area contributed by atoms with E-state index in [0.29, 0.717) is 23.7 Å². The van der Waals surface area contributed by atoms with Crippen LogP contribution in [0.25, 0.3) is 0 Å². The second-order valence-corrected chi connectivity index (χ2v) is 9.16. The number of rotatable bonds is 8. The maximum absolute atomic E-state index is 12.7. The highest BCUT2D eigenvalue weighted by atomic mass is 16.6. The van der Waals surface area contributed by atoms with Crippen LogP contribution in [0.15, 0.2) is 36.1 Å². The number of esters is 3. The second-order valence-electron chi connectivity index (χ2n) is 9.16. The third-order valence-electron chi connectivity index (χ3n) is 7.47. The van der Waals surface area contributed by atoms with Crippen LogP contribution in [-0.4, -0.2) is 17.9 Å². The summed E-state index contributed by atoms with van der Waals surface area (Å²) in [6.07, 6.45) is 6.25. The molecule has 0 spiro atoms. The monoisotopic (exact) mass is 402 g/mol. The van der Waals surface area contributed by atoms with E-state index in [-0.39, 0.29) is 22.3 Å². The molecule has 3 atom stereocenters. The normalized spacial score (nSPS) is 27.8. The minimum atomic E-state index is -0.827. The van der Waals surface area contributed by atoms with E-state index < -0.39 is 17.9 Å². The van der Waals surface area contributed by atoms with E-state index in [0.717, 1.165) is 38.2 Å². The fraction of sp³-hybridized carbons (Fsp3) is 0.625. The van der Waals surface area contributed by atoms with Gasteiger partial charge in [-0.05, 0) is 55.8 Å². The van der Waals surface area contributed by atoms with Gasteiger partial charge >= 0.3 is 17.9 Å². The highest BCUT2D eigenvalue weighted by Crippen LogP contribution is 2.69. The van der Waals surface area contributed by atoms with Gasteiger partial charge in [-0.1, -0.05) is 47.3 Å². The largest absolute Gasteiger partial charge is 0.427 e. The third-order valence-corrected chi connectivity index (χ3v) is 7.47. The number of unbranched alkanes of at least 4 members (excludes halogenated alkanes) is 1. The van der Waals surface area contributed by atoms with Crippen molar-refractivity contribution in [2.75, 3.05) is 0 Å². The highest BCUT2D eigenvalue weighted by Gasteiger charge is 2.63. The molecule has 5 heteroatoms. The summed E-state index contributed by atoms with van der Waals surface area (Å²) in [6, 6.07) is 0. The summed E-state index contributed by atoms with van der Waals surface area (Å²) in [4.78, 5) is 36.8. The van der Waals surface area contributed by atoms with Gasteiger partial charge in [0, 0.05) is 17.6 Å². The standard InChI is InChI=1S/C24H34O5/c1-8-10-11-15(3)21(26)29-20(16(4)22(27)28-19(25)9-2)18-14-17-12-13-24(18,7)23(17,5)6/h9,17-18H,2-3,8,10-14H2,1,4-7H3/t17-,18?,24-/m1/s1. The third kappa shape index (κ3) is 4.24. The van der Waals surface area contributed by atoms with Crippen molar-refractivity contribution in [2.45, 2.75) is 73.1 Å². The number of carbonyl (C=O) groups is 3. The SMILES string of the molecule is C=CC(=O)OC(=O)C(C)=C(OC(=O)C(=C)CCCC)C1C[C@H]2CC[C@@]1(C)C2(C)C. The van der Waals surface area contributed by atoms with Crippen LogP contribution in [0.3, 0.4) is 0 Å². The fourth-order valence-corrected chi connectivity index (χ4v) is 4.98. The first kappa shape index (κ1) is 23.1. The zero-order valence-electron chi connectivity index (χ0n) is 18.4. The van der Waals surface area contributed by atoms with Gasteiger partial charge in [0.25, 0.3) is 0 Å². The molecule has 0 amide bonds. The predicted molar refractivity (Wildman–Crippen MR) is 111 cm³/mol. The molecule has 0 aromatic rings. The molecule has 2 aliphatic rings. The van der Waals surface area contributed by atoms with E-state index in [1.165, 1.54) is 0 Å². The maximum Gasteiger partial charge on any atom is 0.345 e. The van der Waals surface area contributed by atoms with Crippen molar-refractivity contribution in [1.29, 1.82) is 0 Å². The highest BCUT2D eigenvalue weighted by molar-refractivity contribution is 5.99. The molecule has 1 unspecified atom stereocenters. The average molecular weight is 403 g/mol. The first-order chi connectivity index (χ1) is 13.5. The zero-order valence-corrected chi connectivity index (χ0v) is 18.4. The minimum Gasteiger partial charge on any atom is -0.427 e. The van der Waals surface area contributed by atoms with Crippen LogP contribution in [0, 0.1) is 22.7 Å². The summed E-state index contributed by atoms with van der Waals surface area (Å²) in [7, 11) is 0. The summed E-state index contributed by atoms with van der Waals surface area (Å²) in [5.74, 6) is -1.42. The van der Waals surface area contributed by atoms with Gasteiger partial charge in [0.1, 0.15) is 5.76 Å². The first-order valence-electron chi connectivity index (χ1n) is 10.5. The number of allylic oxidation sites excluding steroid dienone is 1. The molecule has 2 saturated carbocycles. The Balaban J connectivity index is 2.39. The molecule has 160 valence electrons. The Hall–Kier alpha value is -2.17. The van der Waals surface area contributed by atoms with Crippen LogP contribution in [-0.2, 0) is 23.9 Å². The van der Waals surface area contributed by atoms with Gasteiger partial charge < -0.3 is 9.47 Å². The summed E-state index contributed by atoms with van der Waals surface area (Å²) in [6.45, 7) is 17.5. The molecule has 0 aromatic heterocycles. The van der Waals surface area contributed by atoms with Crippen molar-refractivity contribution in [1.82, 2.24) is 0 Å². The van der Waals surface area contributed by atoms with Crippen LogP contribution in [0.2, 0.25) is 0 Å². The van der Waals surface area contributed by atoms with Crippen LogP contribution in [0.4, 0.5) is 0 Å². The van der Waals surface area contributed by atoms with Gasteiger partial charge in [0.15, 0.2) is 0 Å². The van der Waals surface area contributed by atoms with Crippen molar-refractivity contribution in [3.8, 4) is 0 Å². The molecule has 5 nitrogen and oxygen atoms in total. The lowest BCUT2D eigenvalue weighted by atomic mass is 9.66. The molecule has 2 rings (SSSR count). The lowest BCUT2D eigenvalue weighted by molar-refractivity contribution is -0.153. The van der Waals surface area contributed by atoms with E-state index in [9.17, 15) is 14.4 Å². The lowest BCUT2D eigenvalue weighted by Crippen LogP contribution is -2.35. The van der Waals surface area contributed by atoms with Gasteiger partial charge in [-0.25, -0.2) is 14.4 Å². The number of hydrogen-bond acceptors (Lipinski definition) is 5. The second kappa shape index (κ2) is 8.68. The number of hydrogen-bond donors (Lipinski definition) is 0. The minimum absolute atomic E-state index is 0.0651. The molecule has 29 heavy (non-hydrogen) atoms. The molecular formula is C24H34O5. The van der Waals surface area contributed by atoms with E-state index in [1.807, 2.05) is 6.92 Å². The quantitative estimate of drug-likeness (QED) is 0.239. The molecule has 0 aliphatic heterocycles. The summed E-state index contributed by atoms with van der Waals surface area (Å²) >= 11 is 0. The van der Waals surface area contributed by atoms with Crippen molar-refractivity contribution >= 4 is 17.9 Å². The summed E-state index contributed by atoms with van der Waals surface area (Å²) < 4.78 is 10.6. The van der Waals surface area contributed by atoms with Crippen LogP contribution < -0.4 is 0 Å². The van der Waals surface area contributed by atoms with E-state index >= 15 is 0 Å². The Morgan fingerprint density at radius 3 is 2.28 bits per heavy atom. The maximum atomic E-state index is 12.7. The molecule has 0 heterocycles. The Labute approximate surface area is 174 Å². The Morgan fingerprint density at radius 1 is 1.14 bits per heavy atom. The van der Waals surface area contributed by atoms with Crippen LogP contribution in [0.1, 0.15) is 73.1 Å².